The zero-order valence-electron chi connectivity index (χ0n) is 18.6. The van der Waals surface area contributed by atoms with Crippen LogP contribution in [0.1, 0.15) is 69.1 Å². The average molecular weight is 440 g/mol. The lowest BCUT2D eigenvalue weighted by Gasteiger charge is -2.44. The Bertz CT molecular complexity index is 1080. The number of carbonyl (C=O) groups is 1. The molecule has 1 aliphatic rings. The second kappa shape index (κ2) is 7.58. The molecule has 0 bridgehead atoms. The summed E-state index contributed by atoms with van der Waals surface area (Å²) in [6.45, 7) is 14.2. The fourth-order valence-corrected chi connectivity index (χ4v) is 12.7. The van der Waals surface area contributed by atoms with Crippen LogP contribution in [0.15, 0.2) is 48.7 Å². The number of rotatable bonds is 5. The minimum atomic E-state index is -1.90. The number of ether oxygens (including phenoxy) is 1. The molecule has 0 amide bonds. The van der Waals surface area contributed by atoms with E-state index in [0.717, 1.165) is 16.5 Å². The fourth-order valence-electron chi connectivity index (χ4n) is 5.97. The van der Waals surface area contributed by atoms with Gasteiger partial charge in [-0.15, -0.1) is 0 Å². The number of aromatic nitrogens is 1. The summed E-state index contributed by atoms with van der Waals surface area (Å²) >= 11 is 6.08. The van der Waals surface area contributed by atoms with E-state index in [1.807, 2.05) is 30.3 Å². The van der Waals surface area contributed by atoms with Crippen LogP contribution >= 0.6 is 11.6 Å². The molecule has 0 saturated carbocycles. The number of benzene rings is 2. The normalized spacial score (nSPS) is 16.7. The molecular weight excluding hydrogens is 410 g/mol. The molecule has 1 aliphatic heterocycles. The molecule has 3 nitrogen and oxygen atoms in total. The molecule has 0 N–H and O–H groups in total. The molecule has 3 aromatic rings. The molecule has 1 aromatic heterocycles. The summed E-state index contributed by atoms with van der Waals surface area (Å²) < 4.78 is 8.41. The zero-order chi connectivity index (χ0) is 21.8. The van der Waals surface area contributed by atoms with Gasteiger partial charge in [0.05, 0.1) is 5.56 Å². The van der Waals surface area contributed by atoms with Gasteiger partial charge >= 0.3 is 5.97 Å². The van der Waals surface area contributed by atoms with Gasteiger partial charge in [0.1, 0.15) is 0 Å². The topological polar surface area (TPSA) is 31.2 Å². The average Bonchev–Trinajstić information content (AvgIpc) is 3.24. The fraction of sp³-hybridized carbons (Fsp3) is 0.400. The third-order valence-corrected chi connectivity index (χ3v) is 14.0. The van der Waals surface area contributed by atoms with Crippen molar-refractivity contribution in [1.82, 2.24) is 4.23 Å². The van der Waals surface area contributed by atoms with Gasteiger partial charge in [-0.25, -0.2) is 4.79 Å². The SMILES string of the molecule is CC(C)[Si](C(C)C)(C(C)C)n1ccc2c3c(ccc21)C(=O)OC3c1ccc(Cl)cc1. The minimum Gasteiger partial charge on any atom is -0.449 e. The van der Waals surface area contributed by atoms with Crippen LogP contribution in [0.3, 0.4) is 0 Å². The van der Waals surface area contributed by atoms with Gasteiger partial charge in [-0.05, 0) is 58.7 Å². The molecular formula is C25H30ClNO2Si. The van der Waals surface area contributed by atoms with E-state index in [2.05, 4.69) is 64.1 Å². The van der Waals surface area contributed by atoms with Gasteiger partial charge in [-0.3, -0.25) is 0 Å². The lowest BCUT2D eigenvalue weighted by molar-refractivity contribution is 0.0457. The van der Waals surface area contributed by atoms with Crippen LogP contribution in [0.4, 0.5) is 0 Å². The van der Waals surface area contributed by atoms with Crippen molar-refractivity contribution in [3.8, 4) is 0 Å². The molecule has 4 rings (SSSR count). The monoisotopic (exact) mass is 439 g/mol. The van der Waals surface area contributed by atoms with Crippen LogP contribution in [0.2, 0.25) is 21.6 Å². The first-order chi connectivity index (χ1) is 14.2. The Morgan fingerprint density at radius 3 is 2.07 bits per heavy atom. The highest BCUT2D eigenvalue weighted by Gasteiger charge is 2.46. The molecule has 0 fully saturated rings. The number of nitrogens with zero attached hydrogens (tertiary/aromatic N) is 1. The van der Waals surface area contributed by atoms with Crippen molar-refractivity contribution in [3.63, 3.8) is 0 Å². The predicted molar refractivity (Wildman–Crippen MR) is 127 cm³/mol. The first kappa shape index (κ1) is 21.2. The Balaban J connectivity index is 1.96. The van der Waals surface area contributed by atoms with Gasteiger partial charge in [0.15, 0.2) is 14.3 Å². The molecule has 2 heterocycles. The highest BCUT2D eigenvalue weighted by molar-refractivity contribution is 6.82. The molecule has 1 atom stereocenters. The summed E-state index contributed by atoms with van der Waals surface area (Å²) in [6.07, 6.45) is 1.87. The van der Waals surface area contributed by atoms with Crippen LogP contribution in [0.25, 0.3) is 10.9 Å². The van der Waals surface area contributed by atoms with Gasteiger partial charge in [0, 0.05) is 21.5 Å². The van der Waals surface area contributed by atoms with E-state index in [0.29, 0.717) is 27.2 Å². The van der Waals surface area contributed by atoms with Crippen molar-refractivity contribution < 1.29 is 9.53 Å². The Kier molecular flexibility index (Phi) is 5.35. The van der Waals surface area contributed by atoms with Crippen molar-refractivity contribution in [2.75, 3.05) is 0 Å². The first-order valence-electron chi connectivity index (χ1n) is 10.8. The van der Waals surface area contributed by atoms with Crippen molar-refractivity contribution in [3.05, 3.63) is 70.4 Å². The highest BCUT2D eigenvalue weighted by atomic mass is 35.5. The molecule has 5 heteroatoms. The zero-order valence-corrected chi connectivity index (χ0v) is 20.3. The van der Waals surface area contributed by atoms with E-state index in [1.165, 1.54) is 5.52 Å². The van der Waals surface area contributed by atoms with Crippen molar-refractivity contribution in [1.29, 1.82) is 0 Å². The van der Waals surface area contributed by atoms with Gasteiger partial charge in [0.2, 0.25) is 0 Å². The summed E-state index contributed by atoms with van der Waals surface area (Å²) in [6, 6.07) is 13.8. The molecule has 1 unspecified atom stereocenters. The van der Waals surface area contributed by atoms with Crippen LogP contribution < -0.4 is 0 Å². The van der Waals surface area contributed by atoms with Gasteiger partial charge < -0.3 is 8.97 Å². The standard InChI is InChI=1S/C25H30ClNO2Si/c1-15(2)30(16(3)4,17(5)6)27-14-13-20-22(27)12-11-21-23(20)24(29-25(21)28)18-7-9-19(26)10-8-18/h7-17,24H,1-6H3. The van der Waals surface area contributed by atoms with Crippen molar-refractivity contribution in [2.24, 2.45) is 0 Å². The lowest BCUT2D eigenvalue weighted by Crippen LogP contribution is -2.51. The second-order valence-corrected chi connectivity index (χ2v) is 15.5. The number of fused-ring (bicyclic) bond motifs is 3. The molecule has 0 aliphatic carbocycles. The van der Waals surface area contributed by atoms with Crippen LogP contribution in [0, 0.1) is 0 Å². The Hall–Kier alpha value is -2.04. The Morgan fingerprint density at radius 1 is 0.900 bits per heavy atom. The summed E-state index contributed by atoms with van der Waals surface area (Å²) in [5, 5.41) is 1.80. The molecule has 0 saturated heterocycles. The van der Waals surface area contributed by atoms with E-state index >= 15 is 0 Å². The highest BCUT2D eigenvalue weighted by Crippen LogP contribution is 2.46. The smallest absolute Gasteiger partial charge is 0.339 e. The van der Waals surface area contributed by atoms with Crippen LogP contribution in [-0.4, -0.2) is 18.4 Å². The predicted octanol–water partition coefficient (Wildman–Crippen LogP) is 7.58. The molecule has 2 aromatic carbocycles. The Morgan fingerprint density at radius 2 is 1.50 bits per heavy atom. The lowest BCUT2D eigenvalue weighted by atomic mass is 9.96. The van der Waals surface area contributed by atoms with Crippen LogP contribution in [0.5, 0.6) is 0 Å². The summed E-state index contributed by atoms with van der Waals surface area (Å²) in [5.41, 5.74) is 5.59. The number of halogens is 1. The summed E-state index contributed by atoms with van der Waals surface area (Å²) in [7, 11) is -1.90. The number of esters is 1. The van der Waals surface area contributed by atoms with Gasteiger partial charge in [-0.1, -0.05) is 65.3 Å². The van der Waals surface area contributed by atoms with E-state index in [4.69, 9.17) is 16.3 Å². The van der Waals surface area contributed by atoms with E-state index in [1.54, 1.807) is 0 Å². The molecule has 0 radical (unpaired) electrons. The molecule has 0 spiro atoms. The first-order valence-corrected chi connectivity index (χ1v) is 13.4. The minimum absolute atomic E-state index is 0.250. The molecule has 158 valence electrons. The van der Waals surface area contributed by atoms with E-state index in [-0.39, 0.29) is 5.97 Å². The quantitative estimate of drug-likeness (QED) is 0.303. The number of hydrogen-bond acceptors (Lipinski definition) is 2. The van der Waals surface area contributed by atoms with Crippen molar-refractivity contribution >= 4 is 36.7 Å². The maximum atomic E-state index is 12.6. The maximum Gasteiger partial charge on any atom is 0.339 e. The molecule has 30 heavy (non-hydrogen) atoms. The van der Waals surface area contributed by atoms with Crippen molar-refractivity contribution in [2.45, 2.75) is 64.3 Å². The summed E-state index contributed by atoms with van der Waals surface area (Å²) in [4.78, 5) is 12.6. The largest absolute Gasteiger partial charge is 0.449 e. The number of cyclic esters (lactones) is 1. The second-order valence-electron chi connectivity index (χ2n) is 9.33. The summed E-state index contributed by atoms with van der Waals surface area (Å²) in [5.74, 6) is -0.250. The van der Waals surface area contributed by atoms with E-state index in [9.17, 15) is 4.79 Å². The van der Waals surface area contributed by atoms with Crippen LogP contribution in [-0.2, 0) is 4.74 Å². The number of carbonyl (C=O) groups excluding carboxylic acids is 1. The maximum absolute atomic E-state index is 12.6. The van der Waals surface area contributed by atoms with Gasteiger partial charge in [-0.2, -0.15) is 0 Å². The third-order valence-electron chi connectivity index (χ3n) is 6.99. The van der Waals surface area contributed by atoms with Gasteiger partial charge in [0.25, 0.3) is 0 Å². The van der Waals surface area contributed by atoms with E-state index < -0.39 is 14.3 Å². The third kappa shape index (κ3) is 2.96. The Labute approximate surface area is 185 Å². The number of hydrogen-bond donors (Lipinski definition) is 0.